The summed E-state index contributed by atoms with van der Waals surface area (Å²) in [7, 11) is 0. The molecule has 1 aliphatic carbocycles. The van der Waals surface area contributed by atoms with Crippen LogP contribution < -0.4 is 5.32 Å². The Bertz CT molecular complexity index is 505. The van der Waals surface area contributed by atoms with Crippen LogP contribution in [0.4, 0.5) is 5.00 Å². The first-order chi connectivity index (χ1) is 8.30. The Kier molecular flexibility index (Phi) is 3.41. The summed E-state index contributed by atoms with van der Waals surface area (Å²) in [5, 5.41) is 4.64. The first-order valence-electron chi connectivity index (χ1n) is 6.53. The van der Waals surface area contributed by atoms with Gasteiger partial charge in [-0.2, -0.15) is 0 Å². The van der Waals surface area contributed by atoms with E-state index in [2.05, 4.69) is 39.2 Å². The molecule has 0 unspecified atom stereocenters. The lowest BCUT2D eigenvalue weighted by Gasteiger charge is -2.30. The molecule has 1 aromatic heterocycles. The fraction of sp³-hybridized carbons (Fsp3) is 0.500. The van der Waals surface area contributed by atoms with Gasteiger partial charge in [0.15, 0.2) is 0 Å². The highest BCUT2D eigenvalue weighted by Gasteiger charge is 2.30. The van der Waals surface area contributed by atoms with Crippen LogP contribution in [-0.2, 0) is 12.8 Å². The van der Waals surface area contributed by atoms with Gasteiger partial charge in [-0.3, -0.25) is 0 Å². The normalized spacial score (nSPS) is 17.1. The largest absolute Gasteiger partial charge is 0.351 e. The summed E-state index contributed by atoms with van der Waals surface area (Å²) in [6.07, 6.45) is 3.65. The summed E-state index contributed by atoms with van der Waals surface area (Å²) in [6.45, 7) is 16.9. The second-order valence-corrected chi connectivity index (χ2v) is 7.34. The van der Waals surface area contributed by atoms with E-state index in [9.17, 15) is 0 Å². The van der Waals surface area contributed by atoms with Gasteiger partial charge in [0.1, 0.15) is 5.00 Å². The van der Waals surface area contributed by atoms with Crippen LogP contribution in [0.15, 0.2) is 18.9 Å². The van der Waals surface area contributed by atoms with Crippen LogP contribution in [0.1, 0.15) is 50.1 Å². The van der Waals surface area contributed by atoms with Crippen molar-refractivity contribution in [2.45, 2.75) is 47.0 Å². The van der Waals surface area contributed by atoms with Gasteiger partial charge in [-0.15, -0.1) is 11.3 Å². The van der Waals surface area contributed by atoms with Gasteiger partial charge in [0.25, 0.3) is 0 Å². The summed E-state index contributed by atoms with van der Waals surface area (Å²) >= 11 is 1.89. The fourth-order valence-corrected chi connectivity index (χ4v) is 4.03. The number of allylic oxidation sites excluding steroid dienone is 2. The third-order valence-corrected chi connectivity index (χ3v) is 4.74. The summed E-state index contributed by atoms with van der Waals surface area (Å²) in [5.41, 5.74) is 5.43. The zero-order valence-corrected chi connectivity index (χ0v) is 12.8. The Balaban J connectivity index is 2.49. The summed E-state index contributed by atoms with van der Waals surface area (Å²) < 4.78 is 0. The highest BCUT2D eigenvalue weighted by molar-refractivity contribution is 7.16. The molecule has 18 heavy (non-hydrogen) atoms. The molecule has 0 saturated carbocycles. The smallest absolute Gasteiger partial charge is 0.101 e. The van der Waals surface area contributed by atoms with Gasteiger partial charge in [0, 0.05) is 16.1 Å². The molecule has 98 valence electrons. The molecular formula is C16H23NS. The van der Waals surface area contributed by atoms with Gasteiger partial charge in [-0.05, 0) is 49.7 Å². The predicted octanol–water partition coefficient (Wildman–Crippen LogP) is 5.24. The maximum atomic E-state index is 4.16. The third-order valence-electron chi connectivity index (χ3n) is 3.53. The number of fused-ring (bicyclic) bond motifs is 1. The van der Waals surface area contributed by atoms with E-state index in [1.165, 1.54) is 40.3 Å². The predicted molar refractivity (Wildman–Crippen MR) is 83.3 cm³/mol. The average molecular weight is 261 g/mol. The quantitative estimate of drug-likeness (QED) is 0.784. The van der Waals surface area contributed by atoms with Crippen LogP contribution in [0, 0.1) is 5.41 Å². The molecule has 0 radical (unpaired) electrons. The molecule has 1 aromatic rings. The van der Waals surface area contributed by atoms with E-state index in [1.54, 1.807) is 0 Å². The molecular weight excluding hydrogens is 238 g/mol. The lowest BCUT2D eigenvalue weighted by Crippen LogP contribution is -2.21. The Morgan fingerprint density at radius 1 is 1.28 bits per heavy atom. The van der Waals surface area contributed by atoms with Crippen molar-refractivity contribution in [1.29, 1.82) is 0 Å². The number of aryl methyl sites for hydroxylation is 1. The first-order valence-corrected chi connectivity index (χ1v) is 7.35. The van der Waals surface area contributed by atoms with Crippen molar-refractivity contribution in [2.24, 2.45) is 5.41 Å². The van der Waals surface area contributed by atoms with Gasteiger partial charge in [0.05, 0.1) is 0 Å². The second-order valence-electron chi connectivity index (χ2n) is 6.23. The molecule has 0 spiro atoms. The Hall–Kier alpha value is -1.02. The molecule has 1 heterocycles. The lowest BCUT2D eigenvalue weighted by molar-refractivity contribution is 0.317. The molecule has 1 N–H and O–H groups in total. The molecule has 1 aliphatic rings. The van der Waals surface area contributed by atoms with Crippen LogP contribution in [-0.4, -0.2) is 0 Å². The molecule has 0 aromatic carbocycles. The minimum absolute atomic E-state index is 0.415. The van der Waals surface area contributed by atoms with Crippen molar-refractivity contribution < 1.29 is 0 Å². The maximum absolute atomic E-state index is 4.16. The Labute approximate surface area is 115 Å². The van der Waals surface area contributed by atoms with Crippen LogP contribution >= 0.6 is 11.3 Å². The van der Waals surface area contributed by atoms with Gasteiger partial charge >= 0.3 is 0 Å². The SMILES string of the molecule is C=C(C)Nc1sc2c(c1C(=C)C)CC(C)(C)CC2. The zero-order chi connectivity index (χ0) is 13.5. The van der Waals surface area contributed by atoms with Gasteiger partial charge in [-0.25, -0.2) is 0 Å². The van der Waals surface area contributed by atoms with Crippen LogP contribution in [0.25, 0.3) is 5.57 Å². The third kappa shape index (κ3) is 2.54. The number of rotatable bonds is 3. The molecule has 0 amide bonds. The van der Waals surface area contributed by atoms with E-state index < -0.39 is 0 Å². The Morgan fingerprint density at radius 3 is 2.50 bits per heavy atom. The molecule has 1 nitrogen and oxygen atoms in total. The minimum Gasteiger partial charge on any atom is -0.351 e. The van der Waals surface area contributed by atoms with E-state index in [0.717, 1.165) is 11.3 Å². The average Bonchev–Trinajstić information content (AvgIpc) is 2.52. The number of thiophene rings is 1. The lowest BCUT2D eigenvalue weighted by atomic mass is 9.75. The van der Waals surface area contributed by atoms with Crippen molar-refractivity contribution in [3.05, 3.63) is 34.9 Å². The molecule has 0 fully saturated rings. The zero-order valence-electron chi connectivity index (χ0n) is 11.9. The van der Waals surface area contributed by atoms with Crippen molar-refractivity contribution in [1.82, 2.24) is 0 Å². The van der Waals surface area contributed by atoms with Crippen LogP contribution in [0.2, 0.25) is 0 Å². The molecule has 0 aliphatic heterocycles. The van der Waals surface area contributed by atoms with Crippen molar-refractivity contribution >= 4 is 21.9 Å². The fourth-order valence-electron chi connectivity index (χ4n) is 2.65. The molecule has 2 heteroatoms. The molecule has 0 saturated heterocycles. The van der Waals surface area contributed by atoms with E-state index in [1.807, 2.05) is 18.3 Å². The molecule has 0 atom stereocenters. The van der Waals surface area contributed by atoms with E-state index in [0.29, 0.717) is 5.41 Å². The van der Waals surface area contributed by atoms with E-state index in [-0.39, 0.29) is 0 Å². The highest BCUT2D eigenvalue weighted by atomic mass is 32.1. The monoisotopic (exact) mass is 261 g/mol. The van der Waals surface area contributed by atoms with Crippen molar-refractivity contribution in [3.8, 4) is 0 Å². The summed E-state index contributed by atoms with van der Waals surface area (Å²) in [6, 6.07) is 0. The Morgan fingerprint density at radius 2 is 1.94 bits per heavy atom. The highest BCUT2D eigenvalue weighted by Crippen LogP contribution is 2.46. The van der Waals surface area contributed by atoms with Gasteiger partial charge in [0.2, 0.25) is 0 Å². The molecule has 0 bridgehead atoms. The number of anilines is 1. The standard InChI is InChI=1S/C16H23NS/c1-10(2)14-12-9-16(5,6)8-7-13(12)18-15(14)17-11(3)4/h17H,1,3,7-9H2,2,4-6H3. The summed E-state index contributed by atoms with van der Waals surface area (Å²) in [5.74, 6) is 0. The van der Waals surface area contributed by atoms with Crippen molar-refractivity contribution in [3.63, 3.8) is 0 Å². The topological polar surface area (TPSA) is 12.0 Å². The number of hydrogen-bond acceptors (Lipinski definition) is 2. The van der Waals surface area contributed by atoms with Crippen LogP contribution in [0.5, 0.6) is 0 Å². The first kappa shape index (κ1) is 13.4. The maximum Gasteiger partial charge on any atom is 0.101 e. The number of hydrogen-bond donors (Lipinski definition) is 1. The summed E-state index contributed by atoms with van der Waals surface area (Å²) in [4.78, 5) is 1.54. The minimum atomic E-state index is 0.415. The second kappa shape index (κ2) is 4.58. The van der Waals surface area contributed by atoms with E-state index >= 15 is 0 Å². The van der Waals surface area contributed by atoms with E-state index in [4.69, 9.17) is 0 Å². The molecule has 2 rings (SSSR count). The van der Waals surface area contributed by atoms with Gasteiger partial charge in [-0.1, -0.05) is 27.0 Å². The number of nitrogens with one attached hydrogen (secondary N) is 1. The van der Waals surface area contributed by atoms with Crippen LogP contribution in [0.3, 0.4) is 0 Å². The van der Waals surface area contributed by atoms with Crippen molar-refractivity contribution in [2.75, 3.05) is 5.32 Å². The van der Waals surface area contributed by atoms with Gasteiger partial charge < -0.3 is 5.32 Å².